The third-order valence-electron chi connectivity index (χ3n) is 5.13. The molecular weight excluding hydrogens is 332 g/mol. The maximum atomic E-state index is 12.9. The van der Waals surface area contributed by atoms with E-state index >= 15 is 0 Å². The first-order chi connectivity index (χ1) is 12.6. The molecule has 7 nitrogen and oxygen atoms in total. The first-order valence-electron chi connectivity index (χ1n) is 9.03. The summed E-state index contributed by atoms with van der Waals surface area (Å²) in [6.45, 7) is 3.96. The highest BCUT2D eigenvalue weighted by Crippen LogP contribution is 2.24. The van der Waals surface area contributed by atoms with E-state index in [2.05, 4.69) is 26.9 Å². The second-order valence-corrected chi connectivity index (χ2v) is 7.08. The van der Waals surface area contributed by atoms with Gasteiger partial charge in [0.1, 0.15) is 6.26 Å². The van der Waals surface area contributed by atoms with Gasteiger partial charge < -0.3 is 19.3 Å². The Morgan fingerprint density at radius 1 is 1.31 bits per heavy atom. The highest BCUT2D eigenvalue weighted by molar-refractivity contribution is 5.92. The van der Waals surface area contributed by atoms with Gasteiger partial charge in [0.25, 0.3) is 5.91 Å². The number of oxazole rings is 1. The number of rotatable bonds is 3. The van der Waals surface area contributed by atoms with Crippen molar-refractivity contribution in [1.29, 1.82) is 0 Å². The number of aliphatic hydroxyl groups excluding tert-OH is 1. The topological polar surface area (TPSA) is 73.0 Å². The van der Waals surface area contributed by atoms with Gasteiger partial charge in [0.05, 0.1) is 12.6 Å². The maximum Gasteiger partial charge on any atom is 0.276 e. The molecule has 1 atom stereocenters. The summed E-state index contributed by atoms with van der Waals surface area (Å²) in [4.78, 5) is 23.4. The number of carbonyl (C=O) groups is 1. The van der Waals surface area contributed by atoms with Crippen molar-refractivity contribution >= 4 is 11.6 Å². The fourth-order valence-electron chi connectivity index (χ4n) is 3.66. The Hall–Kier alpha value is -2.38. The summed E-state index contributed by atoms with van der Waals surface area (Å²) in [7, 11) is 2.05. The zero-order valence-electron chi connectivity index (χ0n) is 15.0. The van der Waals surface area contributed by atoms with Crippen molar-refractivity contribution < 1.29 is 14.3 Å². The molecule has 0 bridgehead atoms. The van der Waals surface area contributed by atoms with Crippen LogP contribution in [0.15, 0.2) is 34.9 Å². The molecule has 138 valence electrons. The number of β-amino-alcohol motifs (C(OH)–C–C–N with tert-alkyl or cyclic N) is 1. The van der Waals surface area contributed by atoms with E-state index in [-0.39, 0.29) is 12.0 Å². The summed E-state index contributed by atoms with van der Waals surface area (Å²) in [6.07, 6.45) is 1.94. The molecule has 1 N–H and O–H groups in total. The Labute approximate surface area is 152 Å². The third kappa shape index (κ3) is 3.45. The van der Waals surface area contributed by atoms with Crippen molar-refractivity contribution in [1.82, 2.24) is 14.8 Å². The SMILES string of the molecule is CN1CCN(C(=O)c2coc(CN3CC[C@H](O)C3)n2)Cc2ccccc21. The molecule has 0 saturated carbocycles. The molecule has 1 fully saturated rings. The van der Waals surface area contributed by atoms with Crippen LogP contribution in [0, 0.1) is 0 Å². The van der Waals surface area contributed by atoms with Crippen molar-refractivity contribution in [3.8, 4) is 0 Å². The molecule has 1 aromatic carbocycles. The van der Waals surface area contributed by atoms with Crippen LogP contribution in [0.5, 0.6) is 0 Å². The largest absolute Gasteiger partial charge is 0.447 e. The summed E-state index contributed by atoms with van der Waals surface area (Å²) in [5.74, 6) is 0.418. The molecule has 0 unspecified atom stereocenters. The lowest BCUT2D eigenvalue weighted by Crippen LogP contribution is -2.34. The summed E-state index contributed by atoms with van der Waals surface area (Å²) >= 11 is 0. The van der Waals surface area contributed by atoms with Gasteiger partial charge in [-0.05, 0) is 18.1 Å². The molecule has 0 aliphatic carbocycles. The van der Waals surface area contributed by atoms with Crippen molar-refractivity contribution in [2.75, 3.05) is 38.1 Å². The van der Waals surface area contributed by atoms with Crippen LogP contribution in [0.2, 0.25) is 0 Å². The Kier molecular flexibility index (Phi) is 4.65. The number of amides is 1. The average molecular weight is 356 g/mol. The summed E-state index contributed by atoms with van der Waals surface area (Å²) in [6, 6.07) is 8.16. The van der Waals surface area contributed by atoms with Crippen LogP contribution in [0.3, 0.4) is 0 Å². The van der Waals surface area contributed by atoms with Gasteiger partial charge in [-0.2, -0.15) is 0 Å². The number of para-hydroxylation sites is 1. The van der Waals surface area contributed by atoms with Gasteiger partial charge in [0.15, 0.2) is 5.69 Å². The Morgan fingerprint density at radius 2 is 2.15 bits per heavy atom. The molecule has 0 spiro atoms. The number of carbonyl (C=O) groups excluding carboxylic acids is 1. The fraction of sp³-hybridized carbons (Fsp3) is 0.474. The lowest BCUT2D eigenvalue weighted by molar-refractivity contribution is 0.0745. The minimum Gasteiger partial charge on any atom is -0.447 e. The zero-order valence-corrected chi connectivity index (χ0v) is 15.0. The normalized spacial score (nSPS) is 20.9. The summed E-state index contributed by atoms with van der Waals surface area (Å²) in [5, 5.41) is 9.61. The molecule has 26 heavy (non-hydrogen) atoms. The molecule has 2 aliphatic heterocycles. The van der Waals surface area contributed by atoms with E-state index in [0.29, 0.717) is 37.8 Å². The molecule has 1 amide bonds. The molecular formula is C19H24N4O3. The molecule has 1 saturated heterocycles. The van der Waals surface area contributed by atoms with Crippen molar-refractivity contribution in [2.45, 2.75) is 25.6 Å². The van der Waals surface area contributed by atoms with E-state index in [1.54, 1.807) is 0 Å². The van der Waals surface area contributed by atoms with E-state index in [1.165, 1.54) is 6.26 Å². The standard InChI is InChI=1S/C19H24N4O3/c1-21-8-9-23(10-14-4-2-3-5-17(14)21)19(25)16-13-26-18(20-16)12-22-7-6-15(24)11-22/h2-5,13,15,24H,6-12H2,1H3/t15-/m0/s1. The second kappa shape index (κ2) is 7.09. The number of aliphatic hydroxyl groups is 1. The van der Waals surface area contributed by atoms with Crippen molar-refractivity contribution in [3.05, 3.63) is 47.7 Å². The Bertz CT molecular complexity index is 791. The van der Waals surface area contributed by atoms with Gasteiger partial charge in [-0.1, -0.05) is 18.2 Å². The summed E-state index contributed by atoms with van der Waals surface area (Å²) in [5.41, 5.74) is 2.65. The van der Waals surface area contributed by atoms with Gasteiger partial charge in [0.2, 0.25) is 5.89 Å². The van der Waals surface area contributed by atoms with Crippen LogP contribution in [0.25, 0.3) is 0 Å². The number of hydrogen-bond donors (Lipinski definition) is 1. The minimum absolute atomic E-state index is 0.105. The Morgan fingerprint density at radius 3 is 2.96 bits per heavy atom. The first-order valence-corrected chi connectivity index (χ1v) is 9.03. The smallest absolute Gasteiger partial charge is 0.276 e. The van der Waals surface area contributed by atoms with Gasteiger partial charge in [-0.3, -0.25) is 9.69 Å². The number of nitrogens with zero attached hydrogens (tertiary/aromatic N) is 4. The van der Waals surface area contributed by atoms with E-state index < -0.39 is 0 Å². The van der Waals surface area contributed by atoms with Crippen LogP contribution in [0.1, 0.15) is 28.4 Å². The fourth-order valence-corrected chi connectivity index (χ4v) is 3.66. The lowest BCUT2D eigenvalue weighted by atomic mass is 10.1. The van der Waals surface area contributed by atoms with Crippen molar-refractivity contribution in [2.24, 2.45) is 0 Å². The molecule has 4 rings (SSSR count). The van der Waals surface area contributed by atoms with Crippen LogP contribution in [-0.2, 0) is 13.1 Å². The predicted molar refractivity (Wildman–Crippen MR) is 96.9 cm³/mol. The third-order valence-corrected chi connectivity index (χ3v) is 5.13. The number of anilines is 1. The lowest BCUT2D eigenvalue weighted by Gasteiger charge is -2.19. The number of fused-ring (bicyclic) bond motifs is 1. The van der Waals surface area contributed by atoms with E-state index in [4.69, 9.17) is 4.42 Å². The van der Waals surface area contributed by atoms with Crippen LogP contribution in [-0.4, -0.2) is 65.1 Å². The van der Waals surface area contributed by atoms with E-state index in [9.17, 15) is 9.90 Å². The van der Waals surface area contributed by atoms with Gasteiger partial charge in [-0.25, -0.2) is 4.98 Å². The van der Waals surface area contributed by atoms with E-state index in [0.717, 1.165) is 30.8 Å². The van der Waals surface area contributed by atoms with E-state index in [1.807, 2.05) is 24.1 Å². The van der Waals surface area contributed by atoms with Crippen molar-refractivity contribution in [3.63, 3.8) is 0 Å². The highest BCUT2D eigenvalue weighted by Gasteiger charge is 2.26. The number of benzene rings is 1. The average Bonchev–Trinajstić information content (AvgIpc) is 3.23. The molecule has 3 heterocycles. The highest BCUT2D eigenvalue weighted by atomic mass is 16.3. The van der Waals surface area contributed by atoms with Gasteiger partial charge in [-0.15, -0.1) is 0 Å². The first kappa shape index (κ1) is 17.1. The number of likely N-dealkylation sites (tertiary alicyclic amines) is 1. The molecule has 2 aromatic rings. The van der Waals surface area contributed by atoms with Crippen LogP contribution in [0.4, 0.5) is 5.69 Å². The molecule has 1 aromatic heterocycles. The maximum absolute atomic E-state index is 12.9. The van der Waals surface area contributed by atoms with Crippen LogP contribution >= 0.6 is 0 Å². The second-order valence-electron chi connectivity index (χ2n) is 7.08. The molecule has 0 radical (unpaired) electrons. The summed E-state index contributed by atoms with van der Waals surface area (Å²) < 4.78 is 5.50. The number of aromatic nitrogens is 1. The molecule has 2 aliphatic rings. The minimum atomic E-state index is -0.278. The van der Waals surface area contributed by atoms with Gasteiger partial charge in [0, 0.05) is 45.5 Å². The number of likely N-dealkylation sites (N-methyl/N-ethyl adjacent to an activating group) is 1. The Balaban J connectivity index is 1.46. The predicted octanol–water partition coefficient (Wildman–Crippen LogP) is 1.33. The quantitative estimate of drug-likeness (QED) is 0.895. The zero-order chi connectivity index (χ0) is 18.1. The number of hydrogen-bond acceptors (Lipinski definition) is 6. The molecule has 7 heteroatoms. The monoisotopic (exact) mass is 356 g/mol. The van der Waals surface area contributed by atoms with Gasteiger partial charge >= 0.3 is 0 Å². The van der Waals surface area contributed by atoms with Crippen LogP contribution < -0.4 is 4.90 Å².